The second-order valence-electron chi connectivity index (χ2n) is 5.41. The number of unbranched alkanes of at least 4 members (excludes halogenated alkanes) is 2. The van der Waals surface area contributed by atoms with Crippen molar-refractivity contribution in [2.24, 2.45) is 5.92 Å². The summed E-state index contributed by atoms with van der Waals surface area (Å²) in [5.41, 5.74) is 0.436. The lowest BCUT2D eigenvalue weighted by molar-refractivity contribution is 0.0394. The topological polar surface area (TPSA) is 3.24 Å². The molecule has 0 aromatic rings. The average molecular weight is 197 g/mol. The van der Waals surface area contributed by atoms with Crippen molar-refractivity contribution in [3.63, 3.8) is 0 Å². The van der Waals surface area contributed by atoms with Crippen LogP contribution >= 0.6 is 0 Å². The molecule has 0 saturated carbocycles. The van der Waals surface area contributed by atoms with Gasteiger partial charge in [0.15, 0.2) is 0 Å². The summed E-state index contributed by atoms with van der Waals surface area (Å²) in [6.45, 7) is 8.42. The maximum Gasteiger partial charge on any atom is 0.0178 e. The Morgan fingerprint density at radius 3 is 2.64 bits per heavy atom. The summed E-state index contributed by atoms with van der Waals surface area (Å²) in [5, 5.41) is 0. The van der Waals surface area contributed by atoms with Gasteiger partial charge in [-0.3, -0.25) is 0 Å². The Hall–Kier alpha value is -0.0400. The van der Waals surface area contributed by atoms with E-state index in [0.29, 0.717) is 5.54 Å². The van der Waals surface area contributed by atoms with E-state index < -0.39 is 0 Å². The maximum atomic E-state index is 2.55. The van der Waals surface area contributed by atoms with Gasteiger partial charge < -0.3 is 4.90 Å². The van der Waals surface area contributed by atoms with E-state index in [4.69, 9.17) is 0 Å². The molecule has 0 bridgehead atoms. The minimum Gasteiger partial charge on any atom is -0.301 e. The highest BCUT2D eigenvalue weighted by molar-refractivity contribution is 4.90. The van der Waals surface area contributed by atoms with Crippen molar-refractivity contribution in [1.82, 2.24) is 4.90 Å². The van der Waals surface area contributed by atoms with Gasteiger partial charge in [0.25, 0.3) is 0 Å². The van der Waals surface area contributed by atoms with Crippen LogP contribution in [-0.4, -0.2) is 24.0 Å². The molecule has 14 heavy (non-hydrogen) atoms. The molecule has 1 heterocycles. The van der Waals surface area contributed by atoms with E-state index in [2.05, 4.69) is 32.7 Å². The first kappa shape index (κ1) is 12.0. The van der Waals surface area contributed by atoms with Crippen LogP contribution < -0.4 is 0 Å². The van der Waals surface area contributed by atoms with Gasteiger partial charge in [0.2, 0.25) is 0 Å². The summed E-state index contributed by atoms with van der Waals surface area (Å²) in [4.78, 5) is 2.55. The second-order valence-corrected chi connectivity index (χ2v) is 5.41. The minimum absolute atomic E-state index is 0.436. The second kappa shape index (κ2) is 5.16. The van der Waals surface area contributed by atoms with Gasteiger partial charge in [0.05, 0.1) is 0 Å². The minimum atomic E-state index is 0.436. The molecule has 1 aliphatic heterocycles. The monoisotopic (exact) mass is 197 g/mol. The molecule has 1 rings (SSSR count). The van der Waals surface area contributed by atoms with Crippen molar-refractivity contribution < 1.29 is 0 Å². The molecule has 1 atom stereocenters. The number of nitrogens with zero attached hydrogens (tertiary/aromatic N) is 1. The van der Waals surface area contributed by atoms with E-state index in [1.165, 1.54) is 45.1 Å². The number of likely N-dealkylation sites (tertiary alicyclic amines) is 1. The third-order valence-electron chi connectivity index (χ3n) is 4.19. The van der Waals surface area contributed by atoms with Crippen LogP contribution in [0.4, 0.5) is 0 Å². The molecule has 0 aliphatic carbocycles. The van der Waals surface area contributed by atoms with Crippen LogP contribution in [0.1, 0.15) is 59.3 Å². The Kier molecular flexibility index (Phi) is 4.43. The molecule has 0 aromatic carbocycles. The highest BCUT2D eigenvalue weighted by Gasteiger charge is 2.35. The lowest BCUT2D eigenvalue weighted by atomic mass is 9.76. The number of hydrogen-bond acceptors (Lipinski definition) is 1. The molecule has 0 N–H and O–H groups in total. The fourth-order valence-electron chi connectivity index (χ4n) is 2.67. The molecule has 1 heteroatoms. The molecule has 84 valence electrons. The van der Waals surface area contributed by atoms with Crippen LogP contribution in [0.3, 0.4) is 0 Å². The lowest BCUT2D eigenvalue weighted by Crippen LogP contribution is -2.50. The van der Waals surface area contributed by atoms with Gasteiger partial charge in [-0.05, 0) is 52.6 Å². The molecule has 1 fully saturated rings. The molecule has 0 aromatic heterocycles. The Balaban J connectivity index is 2.41. The lowest BCUT2D eigenvalue weighted by Gasteiger charge is -2.46. The number of piperidine rings is 1. The maximum absolute atomic E-state index is 2.55. The first-order chi connectivity index (χ1) is 6.59. The van der Waals surface area contributed by atoms with E-state index in [9.17, 15) is 0 Å². The van der Waals surface area contributed by atoms with Gasteiger partial charge in [-0.2, -0.15) is 0 Å². The van der Waals surface area contributed by atoms with Crippen molar-refractivity contribution in [3.05, 3.63) is 0 Å². The summed E-state index contributed by atoms with van der Waals surface area (Å²) < 4.78 is 0. The van der Waals surface area contributed by atoms with Crippen LogP contribution in [0.15, 0.2) is 0 Å². The Morgan fingerprint density at radius 2 is 2.00 bits per heavy atom. The van der Waals surface area contributed by atoms with E-state index >= 15 is 0 Å². The van der Waals surface area contributed by atoms with Gasteiger partial charge in [-0.1, -0.05) is 26.2 Å². The first-order valence-corrected chi connectivity index (χ1v) is 6.30. The van der Waals surface area contributed by atoms with E-state index in [1.54, 1.807) is 0 Å². The predicted molar refractivity (Wildman–Crippen MR) is 63.6 cm³/mol. The van der Waals surface area contributed by atoms with Crippen LogP contribution in [0.5, 0.6) is 0 Å². The third-order valence-corrected chi connectivity index (χ3v) is 4.19. The SMILES string of the molecule is CCCCCC1CCCN(C)C1(C)C. The smallest absolute Gasteiger partial charge is 0.0178 e. The number of hydrogen-bond donors (Lipinski definition) is 0. The van der Waals surface area contributed by atoms with Crippen molar-refractivity contribution in [3.8, 4) is 0 Å². The van der Waals surface area contributed by atoms with Crippen molar-refractivity contribution in [2.75, 3.05) is 13.6 Å². The van der Waals surface area contributed by atoms with Crippen molar-refractivity contribution in [2.45, 2.75) is 64.8 Å². The fourth-order valence-corrected chi connectivity index (χ4v) is 2.67. The molecule has 1 nitrogen and oxygen atoms in total. The van der Waals surface area contributed by atoms with Crippen molar-refractivity contribution >= 4 is 0 Å². The molecular weight excluding hydrogens is 170 g/mol. The summed E-state index contributed by atoms with van der Waals surface area (Å²) in [6.07, 6.45) is 8.47. The van der Waals surface area contributed by atoms with Gasteiger partial charge in [0, 0.05) is 5.54 Å². The summed E-state index contributed by atoms with van der Waals surface area (Å²) >= 11 is 0. The largest absolute Gasteiger partial charge is 0.301 e. The van der Waals surface area contributed by atoms with Gasteiger partial charge >= 0.3 is 0 Å². The van der Waals surface area contributed by atoms with E-state index in [1.807, 2.05) is 0 Å². The van der Waals surface area contributed by atoms with Crippen LogP contribution in [0.2, 0.25) is 0 Å². The Bertz CT molecular complexity index is 163. The van der Waals surface area contributed by atoms with Gasteiger partial charge in [0.1, 0.15) is 0 Å². The summed E-state index contributed by atoms with van der Waals surface area (Å²) in [7, 11) is 2.28. The van der Waals surface area contributed by atoms with Crippen LogP contribution in [0.25, 0.3) is 0 Å². The Labute approximate surface area is 89.9 Å². The summed E-state index contributed by atoms with van der Waals surface area (Å²) in [5.74, 6) is 0.924. The molecule has 1 aliphatic rings. The zero-order valence-corrected chi connectivity index (χ0v) is 10.5. The fraction of sp³-hybridized carbons (Fsp3) is 1.00. The summed E-state index contributed by atoms with van der Waals surface area (Å²) in [6, 6.07) is 0. The molecule has 0 radical (unpaired) electrons. The molecule has 1 saturated heterocycles. The third kappa shape index (κ3) is 2.73. The average Bonchev–Trinajstić information content (AvgIpc) is 2.13. The Morgan fingerprint density at radius 1 is 1.29 bits per heavy atom. The van der Waals surface area contributed by atoms with Crippen LogP contribution in [0, 0.1) is 5.92 Å². The molecule has 0 spiro atoms. The molecular formula is C13H27N. The van der Waals surface area contributed by atoms with Gasteiger partial charge in [-0.25, -0.2) is 0 Å². The molecule has 0 amide bonds. The zero-order chi connectivity index (χ0) is 10.6. The van der Waals surface area contributed by atoms with Gasteiger partial charge in [-0.15, -0.1) is 0 Å². The van der Waals surface area contributed by atoms with E-state index in [0.717, 1.165) is 5.92 Å². The normalized spacial score (nSPS) is 27.9. The standard InChI is InChI=1S/C13H27N/c1-5-6-7-9-12-10-8-11-14(4)13(12,2)3/h12H,5-11H2,1-4H3. The number of rotatable bonds is 4. The molecule has 1 unspecified atom stereocenters. The van der Waals surface area contributed by atoms with Crippen molar-refractivity contribution in [1.29, 1.82) is 0 Å². The first-order valence-electron chi connectivity index (χ1n) is 6.30. The predicted octanol–water partition coefficient (Wildman–Crippen LogP) is 3.69. The van der Waals surface area contributed by atoms with E-state index in [-0.39, 0.29) is 0 Å². The highest BCUT2D eigenvalue weighted by Crippen LogP contribution is 2.35. The highest BCUT2D eigenvalue weighted by atomic mass is 15.2. The quantitative estimate of drug-likeness (QED) is 0.621. The van der Waals surface area contributed by atoms with Crippen LogP contribution in [-0.2, 0) is 0 Å². The zero-order valence-electron chi connectivity index (χ0n) is 10.5.